The second-order valence-corrected chi connectivity index (χ2v) is 5.38. The predicted molar refractivity (Wildman–Crippen MR) is 82.8 cm³/mol. The molecule has 0 saturated heterocycles. The molecule has 1 heterocycles. The van der Waals surface area contributed by atoms with E-state index in [-0.39, 0.29) is 0 Å². The van der Waals surface area contributed by atoms with E-state index in [0.29, 0.717) is 5.92 Å². The molecule has 0 amide bonds. The van der Waals surface area contributed by atoms with Crippen LogP contribution in [-0.2, 0) is 0 Å². The lowest BCUT2D eigenvalue weighted by Crippen LogP contribution is -2.06. The first kappa shape index (κ1) is 13.1. The molecule has 2 aromatic rings. The van der Waals surface area contributed by atoms with E-state index in [1.807, 2.05) is 18.2 Å². The number of aromatic nitrogens is 2. The standard InChI is InChI=1S/C17H21N3/c1-2-18-16-12-15(13-8-6-7-9-13)19-17(20-16)14-10-4-3-5-11-14/h3-5,10-13H,2,6-9H2,1H3,(H,18,19,20). The molecule has 0 radical (unpaired) electrons. The van der Waals surface area contributed by atoms with E-state index in [1.54, 1.807) is 0 Å². The largest absolute Gasteiger partial charge is 0.370 e. The Hall–Kier alpha value is -1.90. The molecule has 1 aliphatic rings. The molecule has 0 unspecified atom stereocenters. The number of nitrogens with one attached hydrogen (secondary N) is 1. The van der Waals surface area contributed by atoms with Crippen LogP contribution in [0, 0.1) is 0 Å². The van der Waals surface area contributed by atoms with Gasteiger partial charge in [0.1, 0.15) is 5.82 Å². The van der Waals surface area contributed by atoms with Gasteiger partial charge in [-0.1, -0.05) is 43.2 Å². The summed E-state index contributed by atoms with van der Waals surface area (Å²) >= 11 is 0. The average molecular weight is 267 g/mol. The van der Waals surface area contributed by atoms with Crippen molar-refractivity contribution in [3.05, 3.63) is 42.1 Å². The van der Waals surface area contributed by atoms with Gasteiger partial charge in [0.2, 0.25) is 0 Å². The van der Waals surface area contributed by atoms with Gasteiger partial charge in [0.05, 0.1) is 0 Å². The lowest BCUT2D eigenvalue weighted by molar-refractivity contribution is 0.695. The minimum absolute atomic E-state index is 0.609. The fourth-order valence-electron chi connectivity index (χ4n) is 2.88. The molecule has 0 aliphatic heterocycles. The van der Waals surface area contributed by atoms with Crippen LogP contribution in [0.25, 0.3) is 11.4 Å². The summed E-state index contributed by atoms with van der Waals surface area (Å²) in [5.74, 6) is 2.40. The highest BCUT2D eigenvalue weighted by Crippen LogP contribution is 2.34. The summed E-state index contributed by atoms with van der Waals surface area (Å²) in [5, 5.41) is 3.33. The monoisotopic (exact) mass is 267 g/mol. The van der Waals surface area contributed by atoms with Crippen LogP contribution < -0.4 is 5.32 Å². The van der Waals surface area contributed by atoms with E-state index in [1.165, 1.54) is 31.4 Å². The highest BCUT2D eigenvalue weighted by molar-refractivity contribution is 5.57. The van der Waals surface area contributed by atoms with Gasteiger partial charge in [0, 0.05) is 29.8 Å². The molecular weight excluding hydrogens is 246 g/mol. The minimum Gasteiger partial charge on any atom is -0.370 e. The van der Waals surface area contributed by atoms with Crippen molar-refractivity contribution in [2.75, 3.05) is 11.9 Å². The molecule has 1 N–H and O–H groups in total. The third-order valence-corrected chi connectivity index (χ3v) is 3.91. The second kappa shape index (κ2) is 6.04. The second-order valence-electron chi connectivity index (χ2n) is 5.38. The Morgan fingerprint density at radius 2 is 1.85 bits per heavy atom. The minimum atomic E-state index is 0.609. The van der Waals surface area contributed by atoms with Crippen molar-refractivity contribution in [3.63, 3.8) is 0 Å². The Kier molecular flexibility index (Phi) is 3.95. The van der Waals surface area contributed by atoms with Crippen LogP contribution in [0.3, 0.4) is 0 Å². The Morgan fingerprint density at radius 1 is 1.10 bits per heavy atom. The first-order chi connectivity index (χ1) is 9.86. The van der Waals surface area contributed by atoms with Crippen LogP contribution in [0.4, 0.5) is 5.82 Å². The molecule has 1 aromatic heterocycles. The zero-order valence-electron chi connectivity index (χ0n) is 12.0. The number of nitrogens with zero attached hydrogens (tertiary/aromatic N) is 2. The third-order valence-electron chi connectivity index (χ3n) is 3.91. The van der Waals surface area contributed by atoms with Crippen LogP contribution in [0.2, 0.25) is 0 Å². The summed E-state index contributed by atoms with van der Waals surface area (Å²) in [7, 11) is 0. The molecule has 3 nitrogen and oxygen atoms in total. The summed E-state index contributed by atoms with van der Waals surface area (Å²) in [4.78, 5) is 9.46. The fourth-order valence-corrected chi connectivity index (χ4v) is 2.88. The van der Waals surface area contributed by atoms with E-state index in [2.05, 4.69) is 35.4 Å². The van der Waals surface area contributed by atoms with Gasteiger partial charge in [0.25, 0.3) is 0 Å². The van der Waals surface area contributed by atoms with Gasteiger partial charge < -0.3 is 5.32 Å². The Balaban J connectivity index is 2.00. The molecule has 0 spiro atoms. The average Bonchev–Trinajstić information content (AvgIpc) is 3.02. The van der Waals surface area contributed by atoms with Gasteiger partial charge >= 0.3 is 0 Å². The molecule has 20 heavy (non-hydrogen) atoms. The highest BCUT2D eigenvalue weighted by atomic mass is 15.0. The van der Waals surface area contributed by atoms with Crippen LogP contribution in [0.5, 0.6) is 0 Å². The smallest absolute Gasteiger partial charge is 0.161 e. The maximum atomic E-state index is 4.82. The molecule has 1 fully saturated rings. The summed E-state index contributed by atoms with van der Waals surface area (Å²) < 4.78 is 0. The van der Waals surface area contributed by atoms with Crippen molar-refractivity contribution in [1.82, 2.24) is 9.97 Å². The first-order valence-electron chi connectivity index (χ1n) is 7.55. The van der Waals surface area contributed by atoms with Crippen LogP contribution >= 0.6 is 0 Å². The van der Waals surface area contributed by atoms with Gasteiger partial charge in [-0.2, -0.15) is 0 Å². The predicted octanol–water partition coefficient (Wildman–Crippen LogP) is 4.23. The number of hydrogen-bond acceptors (Lipinski definition) is 3. The molecule has 3 rings (SSSR count). The van der Waals surface area contributed by atoms with E-state index in [0.717, 1.165) is 23.8 Å². The lowest BCUT2D eigenvalue weighted by atomic mass is 10.0. The Bertz CT molecular complexity index is 560. The van der Waals surface area contributed by atoms with Crippen molar-refractivity contribution in [2.45, 2.75) is 38.5 Å². The third kappa shape index (κ3) is 2.82. The van der Waals surface area contributed by atoms with E-state index in [9.17, 15) is 0 Å². The van der Waals surface area contributed by atoms with Crippen LogP contribution in [-0.4, -0.2) is 16.5 Å². The van der Waals surface area contributed by atoms with Gasteiger partial charge in [-0.05, 0) is 19.8 Å². The number of anilines is 1. The molecule has 0 bridgehead atoms. The van der Waals surface area contributed by atoms with Gasteiger partial charge in [-0.3, -0.25) is 0 Å². The Labute approximate surface area is 120 Å². The van der Waals surface area contributed by atoms with E-state index < -0.39 is 0 Å². The number of benzene rings is 1. The molecule has 1 saturated carbocycles. The first-order valence-corrected chi connectivity index (χ1v) is 7.55. The zero-order valence-corrected chi connectivity index (χ0v) is 12.0. The van der Waals surface area contributed by atoms with Gasteiger partial charge in [-0.15, -0.1) is 0 Å². The highest BCUT2D eigenvalue weighted by Gasteiger charge is 2.20. The van der Waals surface area contributed by atoms with Crippen molar-refractivity contribution < 1.29 is 0 Å². The lowest BCUT2D eigenvalue weighted by Gasteiger charge is -2.13. The Morgan fingerprint density at radius 3 is 2.55 bits per heavy atom. The maximum Gasteiger partial charge on any atom is 0.161 e. The summed E-state index contributed by atoms with van der Waals surface area (Å²) in [6.07, 6.45) is 5.17. The van der Waals surface area contributed by atoms with Crippen molar-refractivity contribution in [1.29, 1.82) is 0 Å². The normalized spacial score (nSPS) is 15.4. The quantitative estimate of drug-likeness (QED) is 0.900. The summed E-state index contributed by atoms with van der Waals surface area (Å²) in [5.41, 5.74) is 2.29. The number of rotatable bonds is 4. The number of hydrogen-bond donors (Lipinski definition) is 1. The van der Waals surface area contributed by atoms with Gasteiger partial charge in [-0.25, -0.2) is 9.97 Å². The molecule has 0 atom stereocenters. The van der Waals surface area contributed by atoms with E-state index >= 15 is 0 Å². The SMILES string of the molecule is CCNc1cc(C2CCCC2)nc(-c2ccccc2)n1. The molecule has 104 valence electrons. The van der Waals surface area contributed by atoms with E-state index in [4.69, 9.17) is 4.98 Å². The van der Waals surface area contributed by atoms with Crippen molar-refractivity contribution in [2.24, 2.45) is 0 Å². The van der Waals surface area contributed by atoms with Crippen LogP contribution in [0.1, 0.15) is 44.2 Å². The van der Waals surface area contributed by atoms with Crippen molar-refractivity contribution in [3.8, 4) is 11.4 Å². The fraction of sp³-hybridized carbons (Fsp3) is 0.412. The summed E-state index contributed by atoms with van der Waals surface area (Å²) in [6, 6.07) is 12.4. The van der Waals surface area contributed by atoms with Gasteiger partial charge in [0.15, 0.2) is 5.82 Å². The molecule has 1 aliphatic carbocycles. The molecule has 1 aromatic carbocycles. The molecule has 3 heteroatoms. The maximum absolute atomic E-state index is 4.82. The summed E-state index contributed by atoms with van der Waals surface area (Å²) in [6.45, 7) is 2.98. The van der Waals surface area contributed by atoms with Crippen molar-refractivity contribution >= 4 is 5.82 Å². The topological polar surface area (TPSA) is 37.8 Å². The van der Waals surface area contributed by atoms with Crippen LogP contribution in [0.15, 0.2) is 36.4 Å². The zero-order chi connectivity index (χ0) is 13.8. The molecular formula is C17H21N3.